The van der Waals surface area contributed by atoms with Gasteiger partial charge in [0.15, 0.2) is 0 Å². The van der Waals surface area contributed by atoms with E-state index >= 15 is 0 Å². The van der Waals surface area contributed by atoms with E-state index in [1.165, 1.54) is 17.7 Å². The molecule has 0 amide bonds. The van der Waals surface area contributed by atoms with E-state index in [1.807, 2.05) is 24.3 Å². The Morgan fingerprint density at radius 3 is 2.86 bits per heavy atom. The first kappa shape index (κ1) is 18.3. The number of benzene rings is 2. The van der Waals surface area contributed by atoms with Crippen LogP contribution in [0.4, 0.5) is 0 Å². The number of fused-ring (bicyclic) bond motifs is 3. The molecule has 0 spiro atoms. The highest BCUT2D eigenvalue weighted by Gasteiger charge is 2.25. The van der Waals surface area contributed by atoms with Crippen LogP contribution in [0.2, 0.25) is 0 Å². The van der Waals surface area contributed by atoms with Gasteiger partial charge in [0.2, 0.25) is 0 Å². The van der Waals surface area contributed by atoms with Gasteiger partial charge in [0.05, 0.1) is 22.7 Å². The van der Waals surface area contributed by atoms with Gasteiger partial charge in [-0.05, 0) is 60.9 Å². The molecule has 4 rings (SSSR count). The average molecular weight is 372 g/mol. The first-order valence-corrected chi connectivity index (χ1v) is 9.97. The second-order valence-electron chi connectivity index (χ2n) is 7.70. The van der Waals surface area contributed by atoms with Crippen LogP contribution in [0.3, 0.4) is 0 Å². The topological polar surface area (TPSA) is 66.0 Å². The maximum atomic E-state index is 12.0. The molecule has 1 aromatic heterocycles. The van der Waals surface area contributed by atoms with Crippen LogP contribution in [0, 0.1) is 17.2 Å². The van der Waals surface area contributed by atoms with Gasteiger partial charge in [-0.25, -0.2) is 4.79 Å². The normalized spacial score (nSPS) is 16.4. The van der Waals surface area contributed by atoms with E-state index in [4.69, 9.17) is 0 Å². The van der Waals surface area contributed by atoms with Gasteiger partial charge in [-0.1, -0.05) is 37.6 Å². The minimum absolute atomic E-state index is 0.357. The third-order valence-electron chi connectivity index (χ3n) is 6.03. The summed E-state index contributed by atoms with van der Waals surface area (Å²) >= 11 is 0. The number of nitriles is 1. The van der Waals surface area contributed by atoms with E-state index in [9.17, 15) is 15.2 Å². The Bertz CT molecular complexity index is 1090. The molecule has 0 bridgehead atoms. The van der Waals surface area contributed by atoms with E-state index in [0.717, 1.165) is 42.1 Å². The molecule has 142 valence electrons. The summed E-state index contributed by atoms with van der Waals surface area (Å²) in [5.74, 6) is -0.264. The minimum Gasteiger partial charge on any atom is -0.478 e. The molecule has 28 heavy (non-hydrogen) atoms. The number of carboxylic acids is 1. The van der Waals surface area contributed by atoms with Gasteiger partial charge in [-0.3, -0.25) is 0 Å². The van der Waals surface area contributed by atoms with Crippen molar-refractivity contribution in [3.05, 3.63) is 70.4 Å². The van der Waals surface area contributed by atoms with Gasteiger partial charge >= 0.3 is 5.97 Å². The molecule has 4 nitrogen and oxygen atoms in total. The fourth-order valence-corrected chi connectivity index (χ4v) is 4.60. The number of aromatic nitrogens is 1. The lowest BCUT2D eigenvalue weighted by Gasteiger charge is -2.16. The Morgan fingerprint density at radius 2 is 2.11 bits per heavy atom. The maximum Gasteiger partial charge on any atom is 0.337 e. The third-order valence-corrected chi connectivity index (χ3v) is 6.03. The highest BCUT2D eigenvalue weighted by Crippen LogP contribution is 2.36. The first-order valence-electron chi connectivity index (χ1n) is 9.97. The summed E-state index contributed by atoms with van der Waals surface area (Å²) in [5, 5.41) is 20.1. The highest BCUT2D eigenvalue weighted by atomic mass is 16.4. The zero-order valence-corrected chi connectivity index (χ0v) is 16.1. The van der Waals surface area contributed by atoms with Crippen LogP contribution in [-0.2, 0) is 19.4 Å². The van der Waals surface area contributed by atoms with Crippen LogP contribution in [0.1, 0.15) is 58.9 Å². The van der Waals surface area contributed by atoms with Crippen molar-refractivity contribution in [2.75, 3.05) is 0 Å². The molecule has 1 aliphatic rings. The van der Waals surface area contributed by atoms with Crippen LogP contribution in [-0.4, -0.2) is 15.6 Å². The zero-order valence-electron chi connectivity index (χ0n) is 16.1. The third kappa shape index (κ3) is 3.18. The van der Waals surface area contributed by atoms with Gasteiger partial charge in [0.1, 0.15) is 0 Å². The Kier molecular flexibility index (Phi) is 4.92. The molecule has 3 aromatic rings. The predicted molar refractivity (Wildman–Crippen MR) is 110 cm³/mol. The van der Waals surface area contributed by atoms with Crippen LogP contribution < -0.4 is 0 Å². The molecule has 4 heteroatoms. The maximum absolute atomic E-state index is 12.0. The summed E-state index contributed by atoms with van der Waals surface area (Å²) in [6.07, 6.45) is 5.48. The smallest absolute Gasteiger partial charge is 0.337 e. The molecule has 1 atom stereocenters. The predicted octanol–water partition coefficient (Wildman–Crippen LogP) is 5.16. The summed E-state index contributed by atoms with van der Waals surface area (Å²) in [4.78, 5) is 12.0. The number of carbonyl (C=O) groups is 1. The van der Waals surface area contributed by atoms with Crippen LogP contribution in [0.15, 0.2) is 42.5 Å². The lowest BCUT2D eigenvalue weighted by Crippen LogP contribution is -2.11. The number of para-hydroxylation sites is 1. The molecule has 0 radical (unpaired) electrons. The van der Waals surface area contributed by atoms with Crippen LogP contribution >= 0.6 is 0 Å². The number of aromatic carboxylic acids is 1. The lowest BCUT2D eigenvalue weighted by molar-refractivity contribution is 0.0698. The van der Waals surface area contributed by atoms with Crippen molar-refractivity contribution < 1.29 is 9.90 Å². The quantitative estimate of drug-likeness (QED) is 0.643. The second-order valence-corrected chi connectivity index (χ2v) is 7.70. The molecular weight excluding hydrogens is 348 g/mol. The Hall–Kier alpha value is -3.06. The second kappa shape index (κ2) is 7.52. The number of hydrogen-bond donors (Lipinski definition) is 1. The van der Waals surface area contributed by atoms with Gasteiger partial charge in [0, 0.05) is 17.6 Å². The molecule has 1 unspecified atom stereocenters. The van der Waals surface area contributed by atoms with E-state index in [2.05, 4.69) is 23.6 Å². The van der Waals surface area contributed by atoms with E-state index in [0.29, 0.717) is 23.6 Å². The molecule has 2 aromatic carbocycles. The lowest BCUT2D eigenvalue weighted by atomic mass is 9.97. The summed E-state index contributed by atoms with van der Waals surface area (Å²) in [7, 11) is 0. The molecule has 1 N–H and O–H groups in total. The molecule has 0 fully saturated rings. The average Bonchev–Trinajstić information content (AvgIpc) is 2.87. The van der Waals surface area contributed by atoms with Gasteiger partial charge < -0.3 is 9.67 Å². The first-order chi connectivity index (χ1) is 13.6. The number of carboxylic acid groups (broad SMARTS) is 1. The molecule has 1 heterocycles. The van der Waals surface area contributed by atoms with Crippen molar-refractivity contribution in [3.63, 3.8) is 0 Å². The minimum atomic E-state index is -0.891. The zero-order chi connectivity index (χ0) is 19.7. The fourth-order valence-electron chi connectivity index (χ4n) is 4.60. The summed E-state index contributed by atoms with van der Waals surface area (Å²) in [5.41, 5.74) is 5.41. The van der Waals surface area contributed by atoms with Gasteiger partial charge in [-0.15, -0.1) is 0 Å². The summed E-state index contributed by atoms with van der Waals surface area (Å²) < 4.78 is 2.21. The van der Waals surface area contributed by atoms with Crippen molar-refractivity contribution in [3.8, 4) is 6.07 Å². The van der Waals surface area contributed by atoms with Crippen LogP contribution in [0.25, 0.3) is 10.9 Å². The monoisotopic (exact) mass is 372 g/mol. The number of aryl methyl sites for hydroxylation is 1. The molecule has 1 aliphatic carbocycles. The number of hydrogen-bond acceptors (Lipinski definition) is 2. The van der Waals surface area contributed by atoms with Gasteiger partial charge in [-0.2, -0.15) is 5.26 Å². The SMILES string of the molecule is CCC1CCCc2c(n(Cc3cccc(C#N)c3)c3c(C(=O)O)cccc23)C1. The largest absolute Gasteiger partial charge is 0.478 e. The Labute approximate surface area is 165 Å². The Morgan fingerprint density at radius 1 is 1.29 bits per heavy atom. The van der Waals surface area contributed by atoms with Crippen LogP contribution in [0.5, 0.6) is 0 Å². The van der Waals surface area contributed by atoms with Crippen molar-refractivity contribution in [2.45, 2.75) is 45.6 Å². The summed E-state index contributed by atoms with van der Waals surface area (Å²) in [6, 6.07) is 15.4. The number of rotatable bonds is 4. The van der Waals surface area contributed by atoms with Crippen molar-refractivity contribution in [1.82, 2.24) is 4.57 Å². The highest BCUT2D eigenvalue weighted by molar-refractivity contribution is 6.04. The Balaban J connectivity index is 1.95. The van der Waals surface area contributed by atoms with E-state index < -0.39 is 5.97 Å². The number of nitrogens with zero attached hydrogens (tertiary/aromatic N) is 2. The summed E-state index contributed by atoms with van der Waals surface area (Å²) in [6.45, 7) is 2.82. The molecule has 0 aliphatic heterocycles. The van der Waals surface area contributed by atoms with Crippen molar-refractivity contribution in [2.24, 2.45) is 5.92 Å². The standard InChI is InChI=1S/C24H24N2O2/c1-2-16-6-4-9-19-20-10-5-11-21(24(27)28)23(20)26(22(19)13-16)15-18-8-3-7-17(12-18)14-25/h3,5,7-8,10-12,16H,2,4,6,9,13,15H2,1H3,(H,27,28). The molecule has 0 saturated carbocycles. The van der Waals surface area contributed by atoms with Gasteiger partial charge in [0.25, 0.3) is 0 Å². The van der Waals surface area contributed by atoms with E-state index in [-0.39, 0.29) is 0 Å². The van der Waals surface area contributed by atoms with E-state index in [1.54, 1.807) is 12.1 Å². The molecule has 0 saturated heterocycles. The van der Waals surface area contributed by atoms with Crippen molar-refractivity contribution >= 4 is 16.9 Å². The molecular formula is C24H24N2O2. The fraction of sp³-hybridized carbons (Fsp3) is 0.333. The van der Waals surface area contributed by atoms with Crippen molar-refractivity contribution in [1.29, 1.82) is 5.26 Å².